The van der Waals surface area contributed by atoms with Gasteiger partial charge in [0.25, 0.3) is 0 Å². The van der Waals surface area contributed by atoms with Crippen molar-refractivity contribution in [3.8, 4) is 5.75 Å². The molecule has 0 heterocycles. The number of hydrogen-bond donors (Lipinski definition) is 1. The largest absolute Gasteiger partial charge is 0.496 e. The van der Waals surface area contributed by atoms with E-state index in [0.717, 1.165) is 11.7 Å². The zero-order valence-electron chi connectivity index (χ0n) is 10.4. The number of aryl methyl sites for hydroxylation is 2. The summed E-state index contributed by atoms with van der Waals surface area (Å²) in [5.74, 6) is 1.79. The molecule has 0 unspecified atom stereocenters. The van der Waals surface area contributed by atoms with Gasteiger partial charge in [0, 0.05) is 6.04 Å². The predicted molar refractivity (Wildman–Crippen MR) is 66.9 cm³/mol. The van der Waals surface area contributed by atoms with Crippen LogP contribution in [0.3, 0.4) is 0 Å². The minimum absolute atomic E-state index is 0.449. The molecule has 2 heteroatoms. The lowest BCUT2D eigenvalue weighted by Gasteiger charge is -2.33. The van der Waals surface area contributed by atoms with Gasteiger partial charge in [-0.15, -0.1) is 0 Å². The van der Waals surface area contributed by atoms with Crippen molar-refractivity contribution < 1.29 is 4.74 Å². The Balaban J connectivity index is 2.12. The third kappa shape index (κ3) is 2.22. The second-order valence-corrected chi connectivity index (χ2v) is 5.05. The smallest absolute Gasteiger partial charge is 0.122 e. The molecule has 0 aliphatic heterocycles. The molecule has 0 aromatic heterocycles. The van der Waals surface area contributed by atoms with E-state index in [0.29, 0.717) is 6.04 Å². The standard InChI is InChI=1S/C14H21NO/c1-9-5-14(16-3)10(2)4-12(9)6-11-7-13(15)8-11/h4-5,11,13H,6-8,15H2,1-3H3. The minimum Gasteiger partial charge on any atom is -0.496 e. The molecule has 88 valence electrons. The van der Waals surface area contributed by atoms with E-state index in [2.05, 4.69) is 26.0 Å². The first-order chi connectivity index (χ1) is 7.60. The monoisotopic (exact) mass is 219 g/mol. The summed E-state index contributed by atoms with van der Waals surface area (Å²) in [6, 6.07) is 4.85. The van der Waals surface area contributed by atoms with E-state index in [-0.39, 0.29) is 0 Å². The highest BCUT2D eigenvalue weighted by Gasteiger charge is 2.26. The maximum absolute atomic E-state index is 5.82. The van der Waals surface area contributed by atoms with E-state index in [1.807, 2.05) is 0 Å². The lowest BCUT2D eigenvalue weighted by Crippen LogP contribution is -2.37. The molecule has 1 aliphatic carbocycles. The Morgan fingerprint density at radius 1 is 1.25 bits per heavy atom. The maximum atomic E-state index is 5.82. The van der Waals surface area contributed by atoms with Gasteiger partial charge in [0.2, 0.25) is 0 Å². The summed E-state index contributed by atoms with van der Waals surface area (Å²) in [5, 5.41) is 0. The third-order valence-electron chi connectivity index (χ3n) is 3.63. The molecule has 1 fully saturated rings. The Morgan fingerprint density at radius 2 is 1.94 bits per heavy atom. The molecule has 2 N–H and O–H groups in total. The Morgan fingerprint density at radius 3 is 2.50 bits per heavy atom. The molecule has 0 bridgehead atoms. The normalized spacial score (nSPS) is 24.0. The number of ether oxygens (including phenoxy) is 1. The van der Waals surface area contributed by atoms with Crippen LogP contribution in [0, 0.1) is 19.8 Å². The Labute approximate surface area is 97.8 Å². The van der Waals surface area contributed by atoms with Gasteiger partial charge in [0.05, 0.1) is 7.11 Å². The molecule has 2 rings (SSSR count). The van der Waals surface area contributed by atoms with Gasteiger partial charge in [-0.1, -0.05) is 6.07 Å². The zero-order valence-corrected chi connectivity index (χ0v) is 10.4. The fourth-order valence-corrected chi connectivity index (χ4v) is 2.55. The molecule has 1 aromatic rings. The van der Waals surface area contributed by atoms with Crippen LogP contribution in [-0.2, 0) is 6.42 Å². The Hall–Kier alpha value is -1.02. The first-order valence-electron chi connectivity index (χ1n) is 6.00. The molecule has 2 nitrogen and oxygen atoms in total. The van der Waals surface area contributed by atoms with E-state index in [1.54, 1.807) is 7.11 Å². The second kappa shape index (κ2) is 4.46. The summed E-state index contributed by atoms with van der Waals surface area (Å²) in [6.07, 6.45) is 3.54. The Bertz CT molecular complexity index is 381. The van der Waals surface area contributed by atoms with E-state index >= 15 is 0 Å². The molecule has 1 aromatic carbocycles. The highest BCUT2D eigenvalue weighted by Crippen LogP contribution is 2.31. The van der Waals surface area contributed by atoms with Crippen LogP contribution in [0.4, 0.5) is 0 Å². The molecular formula is C14H21NO. The third-order valence-corrected chi connectivity index (χ3v) is 3.63. The van der Waals surface area contributed by atoms with Crippen LogP contribution < -0.4 is 10.5 Å². The first-order valence-corrected chi connectivity index (χ1v) is 6.00. The summed E-state index contributed by atoms with van der Waals surface area (Å²) in [5.41, 5.74) is 9.83. The fourth-order valence-electron chi connectivity index (χ4n) is 2.55. The minimum atomic E-state index is 0.449. The average Bonchev–Trinajstić information content (AvgIpc) is 2.20. The Kier molecular flexibility index (Phi) is 3.20. The zero-order chi connectivity index (χ0) is 11.7. The van der Waals surface area contributed by atoms with Crippen LogP contribution >= 0.6 is 0 Å². The summed E-state index contributed by atoms with van der Waals surface area (Å²) < 4.78 is 5.32. The molecule has 0 amide bonds. The van der Waals surface area contributed by atoms with Gasteiger partial charge in [-0.05, 0) is 61.8 Å². The molecule has 0 radical (unpaired) electrons. The lowest BCUT2D eigenvalue weighted by molar-refractivity contribution is 0.264. The highest BCUT2D eigenvalue weighted by molar-refractivity contribution is 5.41. The first kappa shape index (κ1) is 11.5. The van der Waals surface area contributed by atoms with E-state index in [4.69, 9.17) is 10.5 Å². The van der Waals surface area contributed by atoms with Gasteiger partial charge >= 0.3 is 0 Å². The second-order valence-electron chi connectivity index (χ2n) is 5.05. The quantitative estimate of drug-likeness (QED) is 0.848. The number of methoxy groups -OCH3 is 1. The molecule has 1 aliphatic rings. The maximum Gasteiger partial charge on any atom is 0.122 e. The van der Waals surface area contributed by atoms with Gasteiger partial charge in [-0.3, -0.25) is 0 Å². The number of rotatable bonds is 3. The number of nitrogens with two attached hydrogens (primary N) is 1. The van der Waals surface area contributed by atoms with Gasteiger partial charge in [-0.2, -0.15) is 0 Å². The SMILES string of the molecule is COc1cc(C)c(CC2CC(N)C2)cc1C. The molecular weight excluding hydrogens is 198 g/mol. The van der Waals surface area contributed by atoms with Crippen molar-refractivity contribution in [2.45, 2.75) is 39.2 Å². The van der Waals surface area contributed by atoms with Crippen molar-refractivity contribution in [3.05, 3.63) is 28.8 Å². The summed E-state index contributed by atoms with van der Waals surface area (Å²) in [6.45, 7) is 4.27. The summed E-state index contributed by atoms with van der Waals surface area (Å²) >= 11 is 0. The van der Waals surface area contributed by atoms with Crippen LogP contribution in [0.5, 0.6) is 5.75 Å². The predicted octanol–water partition coefficient (Wildman–Crippen LogP) is 2.59. The van der Waals surface area contributed by atoms with Gasteiger partial charge in [0.15, 0.2) is 0 Å². The molecule has 0 saturated heterocycles. The van der Waals surface area contributed by atoms with E-state index in [9.17, 15) is 0 Å². The van der Waals surface area contributed by atoms with E-state index < -0.39 is 0 Å². The van der Waals surface area contributed by atoms with Crippen molar-refractivity contribution in [1.29, 1.82) is 0 Å². The average molecular weight is 219 g/mol. The number of hydrogen-bond acceptors (Lipinski definition) is 2. The van der Waals surface area contributed by atoms with Crippen LogP contribution in [0.1, 0.15) is 29.5 Å². The van der Waals surface area contributed by atoms with Crippen molar-refractivity contribution in [2.75, 3.05) is 7.11 Å². The van der Waals surface area contributed by atoms with Crippen molar-refractivity contribution in [2.24, 2.45) is 11.7 Å². The fraction of sp³-hybridized carbons (Fsp3) is 0.571. The summed E-state index contributed by atoms with van der Waals surface area (Å²) in [7, 11) is 1.73. The van der Waals surface area contributed by atoms with Crippen molar-refractivity contribution in [1.82, 2.24) is 0 Å². The van der Waals surface area contributed by atoms with E-state index in [1.165, 1.54) is 36.0 Å². The lowest BCUT2D eigenvalue weighted by atomic mass is 9.76. The molecule has 16 heavy (non-hydrogen) atoms. The topological polar surface area (TPSA) is 35.2 Å². The molecule has 1 saturated carbocycles. The van der Waals surface area contributed by atoms with Crippen LogP contribution in [0.25, 0.3) is 0 Å². The van der Waals surface area contributed by atoms with Gasteiger partial charge < -0.3 is 10.5 Å². The number of benzene rings is 1. The van der Waals surface area contributed by atoms with Gasteiger partial charge in [-0.25, -0.2) is 0 Å². The van der Waals surface area contributed by atoms with Gasteiger partial charge in [0.1, 0.15) is 5.75 Å². The van der Waals surface area contributed by atoms with Crippen LogP contribution in [0.2, 0.25) is 0 Å². The molecule has 0 atom stereocenters. The molecule has 0 spiro atoms. The van der Waals surface area contributed by atoms with Crippen molar-refractivity contribution in [3.63, 3.8) is 0 Å². The van der Waals surface area contributed by atoms with Crippen LogP contribution in [0.15, 0.2) is 12.1 Å². The summed E-state index contributed by atoms with van der Waals surface area (Å²) in [4.78, 5) is 0. The highest BCUT2D eigenvalue weighted by atomic mass is 16.5. The van der Waals surface area contributed by atoms with Crippen LogP contribution in [-0.4, -0.2) is 13.2 Å². The van der Waals surface area contributed by atoms with Crippen molar-refractivity contribution >= 4 is 0 Å².